The third-order valence-electron chi connectivity index (χ3n) is 2.38. The molecule has 1 amide bonds. The minimum Gasteiger partial charge on any atom is -0.323 e. The van der Waals surface area contributed by atoms with Gasteiger partial charge in [-0.15, -0.1) is 0 Å². The number of alkyl halides is 3. The lowest BCUT2D eigenvalue weighted by Gasteiger charge is -2.13. The Hall–Kier alpha value is -1.27. The smallest absolute Gasteiger partial charge is 0.323 e. The lowest BCUT2D eigenvalue weighted by molar-refractivity contribution is -0.137. The molecule has 0 radical (unpaired) electrons. The maximum absolute atomic E-state index is 12.4. The molecule has 0 fully saturated rings. The van der Waals surface area contributed by atoms with E-state index in [4.69, 9.17) is 11.6 Å². The molecule has 1 rings (SSSR count). The summed E-state index contributed by atoms with van der Waals surface area (Å²) in [6.45, 7) is 1.62. The number of halogens is 4. The van der Waals surface area contributed by atoms with Crippen LogP contribution in [0.3, 0.4) is 0 Å². The molecule has 100 valence electrons. The molecule has 7 heteroatoms. The van der Waals surface area contributed by atoms with Gasteiger partial charge in [-0.05, 0) is 32.2 Å². The summed E-state index contributed by atoms with van der Waals surface area (Å²) in [4.78, 5) is 11.5. The number of nitrogens with one attached hydrogen (secondary N) is 2. The van der Waals surface area contributed by atoms with Gasteiger partial charge in [0.2, 0.25) is 5.91 Å². The van der Waals surface area contributed by atoms with Crippen molar-refractivity contribution in [3.05, 3.63) is 28.8 Å². The maximum Gasteiger partial charge on any atom is 0.416 e. The monoisotopic (exact) mass is 280 g/mol. The van der Waals surface area contributed by atoms with Crippen LogP contribution in [0.5, 0.6) is 0 Å². The van der Waals surface area contributed by atoms with Gasteiger partial charge in [0, 0.05) is 0 Å². The van der Waals surface area contributed by atoms with E-state index in [9.17, 15) is 18.0 Å². The molecule has 0 aromatic heterocycles. The van der Waals surface area contributed by atoms with E-state index in [0.29, 0.717) is 0 Å². The number of hydrogen-bond donors (Lipinski definition) is 2. The average Bonchev–Trinajstić information content (AvgIpc) is 2.29. The van der Waals surface area contributed by atoms with Crippen molar-refractivity contribution in [1.29, 1.82) is 0 Å². The van der Waals surface area contributed by atoms with Crippen molar-refractivity contribution >= 4 is 23.2 Å². The van der Waals surface area contributed by atoms with Crippen molar-refractivity contribution in [3.8, 4) is 0 Å². The molecule has 0 saturated heterocycles. The van der Waals surface area contributed by atoms with Crippen LogP contribution in [0.15, 0.2) is 18.2 Å². The molecule has 0 heterocycles. The summed E-state index contributed by atoms with van der Waals surface area (Å²) in [7, 11) is 1.60. The maximum atomic E-state index is 12.4. The van der Waals surface area contributed by atoms with Gasteiger partial charge in [-0.1, -0.05) is 11.6 Å². The molecule has 0 spiro atoms. The van der Waals surface area contributed by atoms with Crippen LogP contribution in [0.25, 0.3) is 0 Å². The predicted octanol–water partition coefficient (Wildman–Crippen LogP) is 2.91. The van der Waals surface area contributed by atoms with Gasteiger partial charge < -0.3 is 10.6 Å². The normalized spacial score (nSPS) is 13.2. The molecule has 0 bridgehead atoms. The Kier molecular flexibility index (Phi) is 4.59. The number of anilines is 1. The zero-order valence-electron chi connectivity index (χ0n) is 9.73. The van der Waals surface area contributed by atoms with E-state index in [2.05, 4.69) is 10.6 Å². The van der Waals surface area contributed by atoms with Crippen LogP contribution in [0, 0.1) is 0 Å². The highest BCUT2D eigenvalue weighted by atomic mass is 35.5. The Labute approximate surface area is 107 Å². The highest BCUT2D eigenvalue weighted by Gasteiger charge is 2.31. The third-order valence-corrected chi connectivity index (χ3v) is 2.69. The Morgan fingerprint density at radius 3 is 2.44 bits per heavy atom. The van der Waals surface area contributed by atoms with E-state index in [1.54, 1.807) is 14.0 Å². The Morgan fingerprint density at radius 2 is 2.00 bits per heavy atom. The molecule has 3 nitrogen and oxygen atoms in total. The summed E-state index contributed by atoms with van der Waals surface area (Å²) in [6.07, 6.45) is -4.45. The Balaban J connectivity index is 2.90. The highest BCUT2D eigenvalue weighted by Crippen LogP contribution is 2.33. The molecular formula is C11H12ClF3N2O. The SMILES string of the molecule is CNC(C)C(=O)Nc1ccc(C(F)(F)F)cc1Cl. The van der Waals surface area contributed by atoms with Crippen molar-refractivity contribution in [2.24, 2.45) is 0 Å². The van der Waals surface area contributed by atoms with Crippen LogP contribution in [0.1, 0.15) is 12.5 Å². The summed E-state index contributed by atoms with van der Waals surface area (Å²) in [5, 5.41) is 4.99. The standard InChI is InChI=1S/C11H12ClF3N2O/c1-6(16-2)10(18)17-9-4-3-7(5-8(9)12)11(13,14)15/h3-6,16H,1-2H3,(H,17,18). The number of benzene rings is 1. The number of carbonyl (C=O) groups excluding carboxylic acids is 1. The third kappa shape index (κ3) is 3.61. The van der Waals surface area contributed by atoms with Crippen molar-refractivity contribution in [1.82, 2.24) is 5.32 Å². The molecule has 1 aromatic rings. The quantitative estimate of drug-likeness (QED) is 0.894. The van der Waals surface area contributed by atoms with Crippen molar-refractivity contribution in [3.63, 3.8) is 0 Å². The first-order chi connectivity index (χ1) is 8.25. The van der Waals surface area contributed by atoms with Crippen LogP contribution < -0.4 is 10.6 Å². The van der Waals surface area contributed by atoms with Crippen molar-refractivity contribution in [2.75, 3.05) is 12.4 Å². The molecule has 0 saturated carbocycles. The van der Waals surface area contributed by atoms with Crippen LogP contribution in [0.4, 0.5) is 18.9 Å². The van der Waals surface area contributed by atoms with E-state index in [-0.39, 0.29) is 16.6 Å². The molecule has 1 aromatic carbocycles. The molecule has 1 unspecified atom stereocenters. The van der Waals surface area contributed by atoms with E-state index in [1.807, 2.05) is 0 Å². The summed E-state index contributed by atoms with van der Waals surface area (Å²) < 4.78 is 37.2. The van der Waals surface area contributed by atoms with E-state index in [0.717, 1.165) is 18.2 Å². The zero-order valence-corrected chi connectivity index (χ0v) is 10.5. The molecule has 2 N–H and O–H groups in total. The molecule has 0 aliphatic heterocycles. The summed E-state index contributed by atoms with van der Waals surface area (Å²) in [5.74, 6) is -0.376. The number of rotatable bonds is 3. The minimum absolute atomic E-state index is 0.150. The molecular weight excluding hydrogens is 269 g/mol. The van der Waals surface area contributed by atoms with Crippen LogP contribution in [0.2, 0.25) is 5.02 Å². The van der Waals surface area contributed by atoms with Gasteiger partial charge in [0.1, 0.15) is 0 Å². The Morgan fingerprint density at radius 1 is 1.39 bits per heavy atom. The van der Waals surface area contributed by atoms with E-state index >= 15 is 0 Å². The van der Waals surface area contributed by atoms with Gasteiger partial charge >= 0.3 is 6.18 Å². The first-order valence-corrected chi connectivity index (χ1v) is 5.48. The van der Waals surface area contributed by atoms with Crippen LogP contribution in [-0.2, 0) is 11.0 Å². The fourth-order valence-corrected chi connectivity index (χ4v) is 1.39. The Bertz CT molecular complexity index is 448. The first-order valence-electron chi connectivity index (χ1n) is 5.10. The number of carbonyl (C=O) groups is 1. The van der Waals surface area contributed by atoms with Gasteiger partial charge in [-0.25, -0.2) is 0 Å². The van der Waals surface area contributed by atoms with Gasteiger partial charge in [0.15, 0.2) is 0 Å². The minimum atomic E-state index is -4.45. The molecule has 18 heavy (non-hydrogen) atoms. The second kappa shape index (κ2) is 5.58. The summed E-state index contributed by atoms with van der Waals surface area (Å²) >= 11 is 5.69. The largest absolute Gasteiger partial charge is 0.416 e. The van der Waals surface area contributed by atoms with Crippen molar-refractivity contribution in [2.45, 2.75) is 19.1 Å². The number of likely N-dealkylation sites (N-methyl/N-ethyl adjacent to an activating group) is 1. The second-order valence-corrected chi connectivity index (χ2v) is 4.10. The average molecular weight is 281 g/mol. The molecule has 0 aliphatic carbocycles. The van der Waals surface area contributed by atoms with E-state index in [1.165, 1.54) is 0 Å². The molecule has 0 aliphatic rings. The van der Waals surface area contributed by atoms with Gasteiger partial charge in [0.05, 0.1) is 22.3 Å². The van der Waals surface area contributed by atoms with Gasteiger partial charge in [0.25, 0.3) is 0 Å². The highest BCUT2D eigenvalue weighted by molar-refractivity contribution is 6.33. The fourth-order valence-electron chi connectivity index (χ4n) is 1.16. The summed E-state index contributed by atoms with van der Waals surface area (Å²) in [6, 6.07) is 2.31. The van der Waals surface area contributed by atoms with E-state index < -0.39 is 17.8 Å². The topological polar surface area (TPSA) is 41.1 Å². The lowest BCUT2D eigenvalue weighted by atomic mass is 10.2. The summed E-state index contributed by atoms with van der Waals surface area (Å²) in [5.41, 5.74) is -0.705. The van der Waals surface area contributed by atoms with Crippen LogP contribution >= 0.6 is 11.6 Å². The number of amides is 1. The zero-order chi connectivity index (χ0) is 13.9. The second-order valence-electron chi connectivity index (χ2n) is 3.69. The fraction of sp³-hybridized carbons (Fsp3) is 0.364. The number of hydrogen-bond acceptors (Lipinski definition) is 2. The van der Waals surface area contributed by atoms with Gasteiger partial charge in [-0.2, -0.15) is 13.2 Å². The van der Waals surface area contributed by atoms with Crippen molar-refractivity contribution < 1.29 is 18.0 Å². The predicted molar refractivity (Wildman–Crippen MR) is 63.6 cm³/mol. The van der Waals surface area contributed by atoms with Gasteiger partial charge in [-0.3, -0.25) is 4.79 Å². The molecule has 1 atom stereocenters. The lowest BCUT2D eigenvalue weighted by Crippen LogP contribution is -2.35. The first kappa shape index (κ1) is 14.8. The van der Waals surface area contributed by atoms with Crippen LogP contribution in [-0.4, -0.2) is 19.0 Å².